The van der Waals surface area contributed by atoms with Crippen LogP contribution in [0, 0.1) is 0 Å². The monoisotopic (exact) mass is 356 g/mol. The predicted octanol–water partition coefficient (Wildman–Crippen LogP) is 2.35. The van der Waals surface area contributed by atoms with Gasteiger partial charge < -0.3 is 20.4 Å². The van der Waals surface area contributed by atoms with Crippen molar-refractivity contribution in [2.75, 3.05) is 13.2 Å². The highest BCUT2D eigenvalue weighted by molar-refractivity contribution is 5.81. The molecular weight excluding hydrogens is 336 g/mol. The van der Waals surface area contributed by atoms with Crippen molar-refractivity contribution in [2.45, 2.75) is 18.4 Å². The van der Waals surface area contributed by atoms with E-state index in [1.807, 2.05) is 54.0 Å². The van der Waals surface area contributed by atoms with E-state index in [9.17, 15) is 9.59 Å². The molecule has 0 radical (unpaired) electrons. The topological polar surface area (TPSA) is 108 Å². The second-order valence-electron chi connectivity index (χ2n) is 6.06. The quantitative estimate of drug-likeness (QED) is 0.567. The Labute approximate surface area is 150 Å². The fourth-order valence-corrected chi connectivity index (χ4v) is 3.25. The molecule has 1 atom stereocenters. The molecule has 0 saturated carbocycles. The normalized spacial score (nSPS) is 13.6. The van der Waals surface area contributed by atoms with E-state index >= 15 is 0 Å². The van der Waals surface area contributed by atoms with Crippen molar-refractivity contribution in [3.63, 3.8) is 0 Å². The Hall–Kier alpha value is -2.90. The van der Waals surface area contributed by atoms with E-state index in [0.29, 0.717) is 0 Å². The molecule has 0 saturated heterocycles. The van der Waals surface area contributed by atoms with Crippen LogP contribution in [0.2, 0.25) is 0 Å². The van der Waals surface area contributed by atoms with E-state index in [1.54, 1.807) is 0 Å². The summed E-state index contributed by atoms with van der Waals surface area (Å²) in [7, 11) is 0. The molecule has 136 valence electrons. The van der Waals surface area contributed by atoms with Crippen LogP contribution in [0.4, 0.5) is 4.79 Å². The summed E-state index contributed by atoms with van der Waals surface area (Å²) >= 11 is 0. The van der Waals surface area contributed by atoms with Crippen LogP contribution in [0.25, 0.3) is 11.1 Å². The summed E-state index contributed by atoms with van der Waals surface area (Å²) in [6.07, 6.45) is -0.757. The number of hydrogen-bond acceptors (Lipinski definition) is 5. The second kappa shape index (κ2) is 7.99. The van der Waals surface area contributed by atoms with E-state index in [0.717, 1.165) is 22.3 Å². The van der Waals surface area contributed by atoms with Gasteiger partial charge in [-0.15, -0.1) is 0 Å². The number of benzene rings is 2. The Balaban J connectivity index is 1.68. The van der Waals surface area contributed by atoms with Gasteiger partial charge in [0.1, 0.15) is 12.6 Å². The lowest BCUT2D eigenvalue weighted by Crippen LogP contribution is -2.42. The van der Waals surface area contributed by atoms with Crippen molar-refractivity contribution in [3.8, 4) is 11.1 Å². The molecule has 2 aromatic carbocycles. The SMILES string of the molecule is O=C(NC(CCNO)C(=O)O)OCC1c2ccccc2-c2ccccc21. The number of rotatable bonds is 7. The number of amides is 1. The third-order valence-electron chi connectivity index (χ3n) is 4.48. The first-order chi connectivity index (χ1) is 12.6. The lowest BCUT2D eigenvalue weighted by molar-refractivity contribution is -0.139. The Morgan fingerprint density at radius 3 is 2.15 bits per heavy atom. The fraction of sp³-hybridized carbons (Fsp3) is 0.263. The van der Waals surface area contributed by atoms with Gasteiger partial charge in [-0.2, -0.15) is 0 Å². The summed E-state index contributed by atoms with van der Waals surface area (Å²) in [4.78, 5) is 23.2. The number of carbonyl (C=O) groups excluding carboxylic acids is 1. The highest BCUT2D eigenvalue weighted by atomic mass is 16.5. The average Bonchev–Trinajstić information content (AvgIpc) is 2.97. The minimum Gasteiger partial charge on any atom is -0.480 e. The lowest BCUT2D eigenvalue weighted by atomic mass is 9.98. The summed E-state index contributed by atoms with van der Waals surface area (Å²) in [5.41, 5.74) is 6.28. The smallest absolute Gasteiger partial charge is 0.407 e. The molecule has 2 aromatic rings. The highest BCUT2D eigenvalue weighted by Crippen LogP contribution is 2.44. The number of nitrogens with one attached hydrogen (secondary N) is 2. The molecular formula is C19H20N2O5. The zero-order valence-corrected chi connectivity index (χ0v) is 14.0. The van der Waals surface area contributed by atoms with Gasteiger partial charge in [0.15, 0.2) is 0 Å². The van der Waals surface area contributed by atoms with Crippen molar-refractivity contribution in [2.24, 2.45) is 0 Å². The summed E-state index contributed by atoms with van der Waals surface area (Å²) in [5, 5.41) is 20.0. The molecule has 0 aromatic heterocycles. The zero-order chi connectivity index (χ0) is 18.5. The van der Waals surface area contributed by atoms with E-state index in [2.05, 4.69) is 5.32 Å². The molecule has 0 aliphatic heterocycles. The summed E-state index contributed by atoms with van der Waals surface area (Å²) in [6, 6.07) is 14.8. The Kier molecular flexibility index (Phi) is 5.50. The van der Waals surface area contributed by atoms with Crippen molar-refractivity contribution in [1.82, 2.24) is 10.8 Å². The maximum atomic E-state index is 12.0. The third-order valence-corrected chi connectivity index (χ3v) is 4.48. The van der Waals surface area contributed by atoms with Gasteiger partial charge in [0, 0.05) is 12.5 Å². The number of ether oxygens (including phenoxy) is 1. The highest BCUT2D eigenvalue weighted by Gasteiger charge is 2.29. The van der Waals surface area contributed by atoms with Crippen LogP contribution >= 0.6 is 0 Å². The number of carbonyl (C=O) groups is 2. The van der Waals surface area contributed by atoms with Crippen LogP contribution in [0.5, 0.6) is 0 Å². The van der Waals surface area contributed by atoms with Crippen LogP contribution in [-0.2, 0) is 9.53 Å². The van der Waals surface area contributed by atoms with Gasteiger partial charge in [0.05, 0.1) is 0 Å². The van der Waals surface area contributed by atoms with Crippen LogP contribution in [0.15, 0.2) is 48.5 Å². The number of hydroxylamine groups is 1. The van der Waals surface area contributed by atoms with Crippen LogP contribution in [0.3, 0.4) is 0 Å². The van der Waals surface area contributed by atoms with Crippen molar-refractivity contribution < 1.29 is 24.6 Å². The summed E-state index contributed by atoms with van der Waals surface area (Å²) in [6.45, 7) is 0.158. The number of alkyl carbamates (subject to hydrolysis) is 1. The molecule has 1 aliphatic rings. The Morgan fingerprint density at radius 2 is 1.62 bits per heavy atom. The number of carboxylic acids is 1. The Morgan fingerprint density at radius 1 is 1.04 bits per heavy atom. The molecule has 3 rings (SSSR count). The first-order valence-electron chi connectivity index (χ1n) is 8.33. The first kappa shape index (κ1) is 17.9. The third kappa shape index (κ3) is 3.68. The van der Waals surface area contributed by atoms with Gasteiger partial charge in [-0.25, -0.2) is 15.1 Å². The molecule has 0 heterocycles. The van der Waals surface area contributed by atoms with Crippen LogP contribution in [0.1, 0.15) is 23.5 Å². The van der Waals surface area contributed by atoms with Gasteiger partial charge in [-0.05, 0) is 28.7 Å². The van der Waals surface area contributed by atoms with Gasteiger partial charge in [0.25, 0.3) is 0 Å². The summed E-state index contributed by atoms with van der Waals surface area (Å²) < 4.78 is 5.30. The van der Waals surface area contributed by atoms with Gasteiger partial charge in [-0.3, -0.25) is 0 Å². The zero-order valence-electron chi connectivity index (χ0n) is 14.0. The maximum absolute atomic E-state index is 12.0. The van der Waals surface area contributed by atoms with E-state index in [1.165, 1.54) is 0 Å². The van der Waals surface area contributed by atoms with Crippen molar-refractivity contribution in [3.05, 3.63) is 59.7 Å². The second-order valence-corrected chi connectivity index (χ2v) is 6.06. The molecule has 0 bridgehead atoms. The maximum Gasteiger partial charge on any atom is 0.407 e. The fourth-order valence-electron chi connectivity index (χ4n) is 3.25. The Bertz CT molecular complexity index is 763. The van der Waals surface area contributed by atoms with Crippen molar-refractivity contribution >= 4 is 12.1 Å². The van der Waals surface area contributed by atoms with Crippen LogP contribution in [-0.4, -0.2) is 41.6 Å². The molecule has 0 fully saturated rings. The van der Waals surface area contributed by atoms with E-state index < -0.39 is 18.1 Å². The lowest BCUT2D eigenvalue weighted by Gasteiger charge is -2.17. The molecule has 4 N–H and O–H groups in total. The standard InChI is InChI=1S/C19H20N2O5/c22-18(23)17(9-10-20-25)21-19(24)26-11-16-14-7-3-1-5-12(14)13-6-2-4-8-15(13)16/h1-8,16-17,20,25H,9-11H2,(H,21,24)(H,22,23). The number of hydrogen-bond donors (Lipinski definition) is 4. The van der Waals surface area contributed by atoms with Crippen molar-refractivity contribution in [1.29, 1.82) is 0 Å². The average molecular weight is 356 g/mol. The molecule has 1 aliphatic carbocycles. The molecule has 1 amide bonds. The van der Waals surface area contributed by atoms with E-state index in [4.69, 9.17) is 15.1 Å². The number of fused-ring (bicyclic) bond motifs is 3. The molecule has 7 heteroatoms. The predicted molar refractivity (Wildman–Crippen MR) is 94.0 cm³/mol. The van der Waals surface area contributed by atoms with Gasteiger partial charge in [0.2, 0.25) is 0 Å². The largest absolute Gasteiger partial charge is 0.480 e. The van der Waals surface area contributed by atoms with Gasteiger partial charge in [-0.1, -0.05) is 48.5 Å². The van der Waals surface area contributed by atoms with E-state index in [-0.39, 0.29) is 25.5 Å². The number of carboxylic acid groups (broad SMARTS) is 1. The van der Waals surface area contributed by atoms with Crippen LogP contribution < -0.4 is 10.8 Å². The molecule has 1 unspecified atom stereocenters. The first-order valence-corrected chi connectivity index (χ1v) is 8.33. The van der Waals surface area contributed by atoms with Gasteiger partial charge >= 0.3 is 12.1 Å². The number of aliphatic carboxylic acids is 1. The molecule has 26 heavy (non-hydrogen) atoms. The minimum atomic E-state index is -1.19. The minimum absolute atomic E-state index is 0.0377. The molecule has 0 spiro atoms. The summed E-state index contributed by atoms with van der Waals surface area (Å²) in [5.74, 6) is -1.27. The molecule has 7 nitrogen and oxygen atoms in total.